The summed E-state index contributed by atoms with van der Waals surface area (Å²) in [5.74, 6) is -0.112. The fourth-order valence-corrected chi connectivity index (χ4v) is 4.95. The number of pyridine rings is 1. The van der Waals surface area contributed by atoms with Gasteiger partial charge in [0.25, 0.3) is 0 Å². The van der Waals surface area contributed by atoms with Gasteiger partial charge in [-0.1, -0.05) is 39.5 Å². The summed E-state index contributed by atoms with van der Waals surface area (Å²) in [4.78, 5) is 28.9. The van der Waals surface area contributed by atoms with E-state index in [2.05, 4.69) is 32.2 Å². The Balaban J connectivity index is 1.76. The standard InChI is InChI=1S/C25H30N4O2S/c1-5-21(23(31)28-19-9-6-15(7-10-19)22(27)30)32-24-17(14-26)12-16-13-18(25(2,3)4)8-11-20(16)29-24/h6-7,9-10,12,18,21H,5,8,11,13H2,1-4H3,(H2,27,30)(H,28,31). The normalized spacial score (nSPS) is 16.5. The maximum absolute atomic E-state index is 12.9. The van der Waals surface area contributed by atoms with E-state index in [4.69, 9.17) is 10.7 Å². The minimum absolute atomic E-state index is 0.166. The Hall–Kier alpha value is -2.85. The quantitative estimate of drug-likeness (QED) is 0.619. The minimum atomic E-state index is -0.513. The molecule has 7 heteroatoms. The summed E-state index contributed by atoms with van der Waals surface area (Å²) < 4.78 is 0. The molecule has 2 amide bonds. The Morgan fingerprint density at radius 3 is 2.56 bits per heavy atom. The van der Waals surface area contributed by atoms with Crippen LogP contribution in [0.25, 0.3) is 0 Å². The molecule has 2 atom stereocenters. The second-order valence-electron chi connectivity index (χ2n) is 9.31. The molecule has 6 nitrogen and oxygen atoms in total. The number of aryl methyl sites for hydroxylation is 1. The van der Waals surface area contributed by atoms with Gasteiger partial charge >= 0.3 is 0 Å². The predicted octanol–water partition coefficient (Wildman–Crippen LogP) is 4.71. The van der Waals surface area contributed by atoms with Crippen LogP contribution in [0, 0.1) is 22.7 Å². The number of nitrogens with zero attached hydrogens (tertiary/aromatic N) is 2. The molecule has 2 aromatic rings. The van der Waals surface area contributed by atoms with Crippen molar-refractivity contribution >= 4 is 29.3 Å². The maximum atomic E-state index is 12.9. The lowest BCUT2D eigenvalue weighted by Crippen LogP contribution is -2.28. The molecule has 0 bridgehead atoms. The first-order chi connectivity index (χ1) is 15.1. The van der Waals surface area contributed by atoms with Crippen molar-refractivity contribution in [1.29, 1.82) is 5.26 Å². The van der Waals surface area contributed by atoms with Crippen LogP contribution in [0.2, 0.25) is 0 Å². The van der Waals surface area contributed by atoms with E-state index < -0.39 is 11.2 Å². The summed E-state index contributed by atoms with van der Waals surface area (Å²) in [5, 5.41) is 12.8. The van der Waals surface area contributed by atoms with E-state index in [0.717, 1.165) is 30.5 Å². The topological polar surface area (TPSA) is 109 Å². The van der Waals surface area contributed by atoms with E-state index in [1.165, 1.54) is 11.8 Å². The lowest BCUT2D eigenvalue weighted by atomic mass is 9.71. The van der Waals surface area contributed by atoms with E-state index in [0.29, 0.717) is 34.2 Å². The number of amides is 2. The number of hydrogen-bond acceptors (Lipinski definition) is 5. The predicted molar refractivity (Wildman–Crippen MR) is 127 cm³/mol. The number of carbonyl (C=O) groups is 2. The molecule has 0 saturated heterocycles. The van der Waals surface area contributed by atoms with Gasteiger partial charge in [0.2, 0.25) is 11.8 Å². The number of primary amides is 1. The molecule has 2 unspecified atom stereocenters. The Morgan fingerprint density at radius 1 is 1.31 bits per heavy atom. The number of nitriles is 1. The summed E-state index contributed by atoms with van der Waals surface area (Å²) in [6.45, 7) is 8.72. The molecule has 0 spiro atoms. The van der Waals surface area contributed by atoms with Gasteiger partial charge in [-0.3, -0.25) is 9.59 Å². The van der Waals surface area contributed by atoms with E-state index in [9.17, 15) is 14.9 Å². The largest absolute Gasteiger partial charge is 0.366 e. The molecule has 3 N–H and O–H groups in total. The van der Waals surface area contributed by atoms with Crippen LogP contribution < -0.4 is 11.1 Å². The molecular weight excluding hydrogens is 420 g/mol. The number of anilines is 1. The minimum Gasteiger partial charge on any atom is -0.366 e. The zero-order valence-corrected chi connectivity index (χ0v) is 19.9. The van der Waals surface area contributed by atoms with Gasteiger partial charge in [0.15, 0.2) is 0 Å². The van der Waals surface area contributed by atoms with Crippen molar-refractivity contribution in [3.63, 3.8) is 0 Å². The number of aromatic nitrogens is 1. The van der Waals surface area contributed by atoms with Gasteiger partial charge in [-0.15, -0.1) is 0 Å². The summed E-state index contributed by atoms with van der Waals surface area (Å²) in [6.07, 6.45) is 3.50. The highest BCUT2D eigenvalue weighted by molar-refractivity contribution is 8.00. The third-order valence-corrected chi connectivity index (χ3v) is 7.42. The molecule has 1 heterocycles. The van der Waals surface area contributed by atoms with Crippen molar-refractivity contribution in [3.8, 4) is 6.07 Å². The van der Waals surface area contributed by atoms with Gasteiger partial charge in [0, 0.05) is 16.9 Å². The highest BCUT2D eigenvalue weighted by atomic mass is 32.2. The molecule has 0 radical (unpaired) electrons. The molecule has 0 aliphatic heterocycles. The van der Waals surface area contributed by atoms with Gasteiger partial charge in [-0.05, 0) is 72.9 Å². The molecule has 3 rings (SSSR count). The van der Waals surface area contributed by atoms with Crippen LogP contribution in [0.15, 0.2) is 35.4 Å². The number of benzene rings is 1. The molecule has 1 aromatic carbocycles. The highest BCUT2D eigenvalue weighted by Gasteiger charge is 2.30. The monoisotopic (exact) mass is 450 g/mol. The molecule has 168 valence electrons. The lowest BCUT2D eigenvalue weighted by molar-refractivity contribution is -0.115. The summed E-state index contributed by atoms with van der Waals surface area (Å²) in [7, 11) is 0. The molecule has 1 aliphatic rings. The second-order valence-corrected chi connectivity index (χ2v) is 10.5. The average molecular weight is 451 g/mol. The number of rotatable bonds is 6. The van der Waals surface area contributed by atoms with E-state index in [1.807, 2.05) is 13.0 Å². The number of fused-ring (bicyclic) bond motifs is 1. The van der Waals surface area contributed by atoms with Crippen LogP contribution in [-0.4, -0.2) is 22.0 Å². The van der Waals surface area contributed by atoms with Crippen LogP contribution in [0.3, 0.4) is 0 Å². The maximum Gasteiger partial charge on any atom is 0.248 e. The van der Waals surface area contributed by atoms with E-state index in [1.54, 1.807) is 24.3 Å². The average Bonchev–Trinajstić information content (AvgIpc) is 2.76. The number of nitrogens with one attached hydrogen (secondary N) is 1. The summed E-state index contributed by atoms with van der Waals surface area (Å²) in [6, 6.07) is 10.7. The molecular formula is C25H30N4O2S. The van der Waals surface area contributed by atoms with Crippen molar-refractivity contribution in [1.82, 2.24) is 4.98 Å². The SMILES string of the molecule is CCC(Sc1nc2c(cc1C#N)CC(C(C)(C)C)CC2)C(=O)Nc1ccc(C(N)=O)cc1. The Morgan fingerprint density at radius 2 is 2.00 bits per heavy atom. The van der Waals surface area contributed by atoms with Gasteiger partial charge in [-0.25, -0.2) is 4.98 Å². The van der Waals surface area contributed by atoms with Crippen molar-refractivity contribution in [2.75, 3.05) is 5.32 Å². The molecule has 1 aromatic heterocycles. The Labute approximate surface area is 194 Å². The van der Waals surface area contributed by atoms with Crippen LogP contribution in [0.5, 0.6) is 0 Å². The Bertz CT molecular complexity index is 1050. The first-order valence-corrected chi connectivity index (χ1v) is 11.8. The van der Waals surface area contributed by atoms with Crippen LogP contribution in [-0.2, 0) is 17.6 Å². The van der Waals surface area contributed by atoms with Crippen molar-refractivity contribution in [3.05, 3.63) is 52.7 Å². The fraction of sp³-hybridized carbons (Fsp3) is 0.440. The molecule has 0 fully saturated rings. The van der Waals surface area contributed by atoms with E-state index in [-0.39, 0.29) is 11.3 Å². The van der Waals surface area contributed by atoms with Gasteiger partial charge in [0.1, 0.15) is 11.1 Å². The Kier molecular flexibility index (Phi) is 7.25. The van der Waals surface area contributed by atoms with Crippen LogP contribution in [0.4, 0.5) is 5.69 Å². The number of thioether (sulfide) groups is 1. The van der Waals surface area contributed by atoms with Gasteiger partial charge < -0.3 is 11.1 Å². The smallest absolute Gasteiger partial charge is 0.248 e. The van der Waals surface area contributed by atoms with Crippen LogP contribution in [0.1, 0.15) is 67.7 Å². The number of carbonyl (C=O) groups excluding carboxylic acids is 2. The van der Waals surface area contributed by atoms with Crippen molar-refractivity contribution < 1.29 is 9.59 Å². The number of hydrogen-bond donors (Lipinski definition) is 2. The summed E-state index contributed by atoms with van der Waals surface area (Å²) >= 11 is 1.33. The molecule has 32 heavy (non-hydrogen) atoms. The lowest BCUT2D eigenvalue weighted by Gasteiger charge is -2.34. The third kappa shape index (κ3) is 5.49. The fourth-order valence-electron chi connectivity index (χ4n) is 3.95. The highest BCUT2D eigenvalue weighted by Crippen LogP contribution is 2.38. The molecule has 0 saturated carbocycles. The van der Waals surface area contributed by atoms with Crippen molar-refractivity contribution in [2.24, 2.45) is 17.1 Å². The van der Waals surface area contributed by atoms with Gasteiger partial charge in [0.05, 0.1) is 10.8 Å². The second kappa shape index (κ2) is 9.74. The van der Waals surface area contributed by atoms with Crippen molar-refractivity contribution in [2.45, 2.75) is 63.7 Å². The van der Waals surface area contributed by atoms with Crippen LogP contribution >= 0.6 is 11.8 Å². The zero-order valence-electron chi connectivity index (χ0n) is 19.1. The first-order valence-electron chi connectivity index (χ1n) is 10.9. The van der Waals surface area contributed by atoms with E-state index >= 15 is 0 Å². The first kappa shape index (κ1) is 23.8. The molecule has 1 aliphatic carbocycles. The zero-order chi connectivity index (χ0) is 23.5. The number of nitrogens with two attached hydrogens (primary N) is 1. The summed E-state index contributed by atoms with van der Waals surface area (Å²) in [5.41, 5.74) is 9.19. The van der Waals surface area contributed by atoms with Gasteiger partial charge in [-0.2, -0.15) is 5.26 Å². The third-order valence-electron chi connectivity index (χ3n) is 6.05.